The molecule has 3 heterocycles. The van der Waals surface area contributed by atoms with Crippen molar-refractivity contribution in [2.45, 2.75) is 12.5 Å². The fraction of sp³-hybridized carbons (Fsp3) is 0.250. The molecule has 1 atom stereocenters. The minimum absolute atomic E-state index is 0.000490. The number of nitrogens with zero attached hydrogens (tertiary/aromatic N) is 4. The zero-order valence-corrected chi connectivity index (χ0v) is 11.2. The lowest BCUT2D eigenvalue weighted by Gasteiger charge is -2.09. The lowest BCUT2D eigenvalue weighted by atomic mass is 10.2. The number of thioether (sulfide) groups is 1. The van der Waals surface area contributed by atoms with E-state index in [2.05, 4.69) is 20.6 Å². The van der Waals surface area contributed by atoms with Gasteiger partial charge >= 0.3 is 0 Å². The standard InChI is InChI=1S/C12H11N5O2S/c18-11(14-9-4-7-20-12(9)19)8-2-3-10(16-15-8)17-6-1-5-13-17/h1-3,5-6,9H,4,7H2,(H,14,18). The minimum Gasteiger partial charge on any atom is -0.340 e. The molecule has 0 saturated carbocycles. The van der Waals surface area contributed by atoms with Gasteiger partial charge in [-0.15, -0.1) is 10.2 Å². The summed E-state index contributed by atoms with van der Waals surface area (Å²) in [6.07, 6.45) is 4.03. The first-order chi connectivity index (χ1) is 9.74. The highest BCUT2D eigenvalue weighted by Gasteiger charge is 2.27. The third-order valence-electron chi connectivity index (χ3n) is 2.86. The largest absolute Gasteiger partial charge is 0.340 e. The Balaban J connectivity index is 1.71. The summed E-state index contributed by atoms with van der Waals surface area (Å²) < 4.78 is 1.55. The number of amides is 1. The first-order valence-electron chi connectivity index (χ1n) is 6.05. The van der Waals surface area contributed by atoms with Crippen LogP contribution in [0.2, 0.25) is 0 Å². The van der Waals surface area contributed by atoms with Crippen molar-refractivity contribution in [2.75, 3.05) is 5.75 Å². The quantitative estimate of drug-likeness (QED) is 0.881. The Morgan fingerprint density at radius 2 is 2.30 bits per heavy atom. The first kappa shape index (κ1) is 12.8. The molecule has 0 radical (unpaired) electrons. The third kappa shape index (κ3) is 2.55. The van der Waals surface area contributed by atoms with Crippen molar-refractivity contribution in [3.8, 4) is 5.82 Å². The summed E-state index contributed by atoms with van der Waals surface area (Å²) in [6, 6.07) is 4.57. The molecule has 7 nitrogen and oxygen atoms in total. The summed E-state index contributed by atoms with van der Waals surface area (Å²) in [4.78, 5) is 23.4. The monoisotopic (exact) mass is 289 g/mol. The molecule has 0 bridgehead atoms. The van der Waals surface area contributed by atoms with E-state index >= 15 is 0 Å². The van der Waals surface area contributed by atoms with Gasteiger partial charge in [0.05, 0.1) is 6.04 Å². The van der Waals surface area contributed by atoms with E-state index in [1.807, 2.05) is 0 Å². The Hall–Kier alpha value is -2.22. The topological polar surface area (TPSA) is 89.8 Å². The molecule has 2 aromatic heterocycles. The maximum atomic E-state index is 11.9. The number of aromatic nitrogens is 4. The maximum absolute atomic E-state index is 11.9. The molecule has 1 unspecified atom stereocenters. The van der Waals surface area contributed by atoms with E-state index in [1.165, 1.54) is 11.8 Å². The van der Waals surface area contributed by atoms with E-state index in [9.17, 15) is 9.59 Å². The molecule has 0 aliphatic carbocycles. The molecule has 1 fully saturated rings. The second kappa shape index (κ2) is 5.41. The summed E-state index contributed by atoms with van der Waals surface area (Å²) in [7, 11) is 0. The molecule has 1 aliphatic heterocycles. The van der Waals surface area contributed by atoms with Gasteiger partial charge in [0.1, 0.15) is 0 Å². The molecule has 20 heavy (non-hydrogen) atoms. The number of carbonyl (C=O) groups excluding carboxylic acids is 2. The summed E-state index contributed by atoms with van der Waals surface area (Å²) >= 11 is 1.24. The van der Waals surface area contributed by atoms with Crippen LogP contribution in [0.4, 0.5) is 0 Å². The van der Waals surface area contributed by atoms with Crippen LogP contribution < -0.4 is 5.32 Å². The van der Waals surface area contributed by atoms with Crippen LogP contribution in [-0.2, 0) is 4.79 Å². The van der Waals surface area contributed by atoms with Crippen molar-refractivity contribution in [2.24, 2.45) is 0 Å². The number of hydrogen-bond acceptors (Lipinski definition) is 6. The van der Waals surface area contributed by atoms with E-state index in [4.69, 9.17) is 0 Å². The maximum Gasteiger partial charge on any atom is 0.272 e. The van der Waals surface area contributed by atoms with Gasteiger partial charge in [0.15, 0.2) is 11.5 Å². The van der Waals surface area contributed by atoms with Crippen molar-refractivity contribution in [1.82, 2.24) is 25.3 Å². The van der Waals surface area contributed by atoms with E-state index in [0.717, 1.165) is 5.75 Å². The summed E-state index contributed by atoms with van der Waals surface area (Å²) in [5, 5.41) is 14.5. The van der Waals surface area contributed by atoms with Crippen molar-refractivity contribution in [1.29, 1.82) is 0 Å². The predicted octanol–water partition coefficient (Wildman–Crippen LogP) is 0.424. The van der Waals surface area contributed by atoms with Crippen molar-refractivity contribution < 1.29 is 9.59 Å². The van der Waals surface area contributed by atoms with Crippen LogP contribution in [0.15, 0.2) is 30.6 Å². The van der Waals surface area contributed by atoms with Gasteiger partial charge in [0.2, 0.25) is 5.12 Å². The predicted molar refractivity (Wildman–Crippen MR) is 72.5 cm³/mol. The minimum atomic E-state index is -0.417. The highest BCUT2D eigenvalue weighted by atomic mass is 32.2. The number of carbonyl (C=O) groups is 2. The molecule has 0 aromatic carbocycles. The van der Waals surface area contributed by atoms with Gasteiger partial charge in [-0.05, 0) is 24.6 Å². The molecule has 3 rings (SSSR count). The zero-order valence-electron chi connectivity index (χ0n) is 10.4. The number of rotatable bonds is 3. The summed E-state index contributed by atoms with van der Waals surface area (Å²) in [6.45, 7) is 0. The second-order valence-corrected chi connectivity index (χ2v) is 5.31. The summed E-state index contributed by atoms with van der Waals surface area (Å²) in [5.74, 6) is 0.887. The van der Waals surface area contributed by atoms with Crippen LogP contribution in [0.5, 0.6) is 0 Å². The summed E-state index contributed by atoms with van der Waals surface area (Å²) in [5.41, 5.74) is 0.186. The van der Waals surface area contributed by atoms with Gasteiger partial charge in [-0.1, -0.05) is 11.8 Å². The third-order valence-corrected chi connectivity index (χ3v) is 3.87. The molecule has 102 valence electrons. The zero-order chi connectivity index (χ0) is 13.9. The van der Waals surface area contributed by atoms with E-state index < -0.39 is 6.04 Å². The van der Waals surface area contributed by atoms with Crippen LogP contribution in [0, 0.1) is 0 Å². The lowest BCUT2D eigenvalue weighted by molar-refractivity contribution is -0.112. The van der Waals surface area contributed by atoms with E-state index in [1.54, 1.807) is 35.3 Å². The van der Waals surface area contributed by atoms with Gasteiger partial charge < -0.3 is 5.32 Å². The van der Waals surface area contributed by atoms with Crippen LogP contribution in [0.3, 0.4) is 0 Å². The van der Waals surface area contributed by atoms with Crippen LogP contribution in [0.25, 0.3) is 5.82 Å². The van der Waals surface area contributed by atoms with E-state index in [-0.39, 0.29) is 16.7 Å². The molecule has 2 aromatic rings. The Labute approximate surface area is 118 Å². The molecular formula is C12H11N5O2S. The fourth-order valence-electron chi connectivity index (χ4n) is 1.83. The molecule has 1 N–H and O–H groups in total. The Morgan fingerprint density at radius 1 is 1.40 bits per heavy atom. The molecule has 8 heteroatoms. The lowest BCUT2D eigenvalue weighted by Crippen LogP contribution is -2.37. The second-order valence-electron chi connectivity index (χ2n) is 4.21. The molecule has 1 amide bonds. The Kier molecular flexibility index (Phi) is 3.46. The Bertz CT molecular complexity index is 626. The van der Waals surface area contributed by atoms with Gasteiger partial charge in [0.25, 0.3) is 5.91 Å². The van der Waals surface area contributed by atoms with Crippen molar-refractivity contribution in [3.63, 3.8) is 0 Å². The van der Waals surface area contributed by atoms with Gasteiger partial charge in [-0.3, -0.25) is 9.59 Å². The van der Waals surface area contributed by atoms with Crippen LogP contribution in [0.1, 0.15) is 16.9 Å². The SMILES string of the molecule is O=C(NC1CCSC1=O)c1ccc(-n2cccn2)nn1. The molecule has 1 aliphatic rings. The smallest absolute Gasteiger partial charge is 0.272 e. The highest BCUT2D eigenvalue weighted by Crippen LogP contribution is 2.19. The van der Waals surface area contributed by atoms with Gasteiger partial charge in [0, 0.05) is 18.1 Å². The fourth-order valence-corrected chi connectivity index (χ4v) is 2.76. The van der Waals surface area contributed by atoms with Crippen molar-refractivity contribution >= 4 is 22.8 Å². The van der Waals surface area contributed by atoms with Gasteiger partial charge in [-0.25, -0.2) is 4.68 Å². The number of nitrogens with one attached hydrogen (secondary N) is 1. The van der Waals surface area contributed by atoms with Gasteiger partial charge in [-0.2, -0.15) is 5.10 Å². The average molecular weight is 289 g/mol. The average Bonchev–Trinajstić information content (AvgIpc) is 3.12. The molecular weight excluding hydrogens is 278 g/mol. The molecule has 1 saturated heterocycles. The van der Waals surface area contributed by atoms with Crippen LogP contribution in [-0.4, -0.2) is 42.8 Å². The van der Waals surface area contributed by atoms with E-state index in [0.29, 0.717) is 12.2 Å². The normalized spacial score (nSPS) is 18.2. The highest BCUT2D eigenvalue weighted by molar-refractivity contribution is 8.14. The number of hydrogen-bond donors (Lipinski definition) is 1. The van der Waals surface area contributed by atoms with Crippen LogP contribution >= 0.6 is 11.8 Å². The molecule has 0 spiro atoms. The van der Waals surface area contributed by atoms with Crippen molar-refractivity contribution in [3.05, 3.63) is 36.3 Å². The first-order valence-corrected chi connectivity index (χ1v) is 7.04. The Morgan fingerprint density at radius 3 is 2.90 bits per heavy atom.